The van der Waals surface area contributed by atoms with Gasteiger partial charge in [-0.1, -0.05) is 13.3 Å². The molecule has 0 saturated carbocycles. The van der Waals surface area contributed by atoms with Crippen molar-refractivity contribution in [3.05, 3.63) is 0 Å². The maximum Gasteiger partial charge on any atom is 0.305 e. The van der Waals surface area contributed by atoms with Crippen molar-refractivity contribution in [3.8, 4) is 0 Å². The lowest BCUT2D eigenvalue weighted by molar-refractivity contribution is -0.144. The highest BCUT2D eigenvalue weighted by molar-refractivity contribution is 5.69. The van der Waals surface area contributed by atoms with Gasteiger partial charge in [0.2, 0.25) is 0 Å². The average molecular weight is 354 g/mol. The molecule has 3 N–H and O–H groups in total. The van der Waals surface area contributed by atoms with E-state index in [0.717, 1.165) is 12.8 Å². The van der Waals surface area contributed by atoms with Gasteiger partial charge in [0.05, 0.1) is 59.5 Å². The number of carbonyl (C=O) groups excluding carboxylic acids is 1. The molecule has 0 heterocycles. The molecular formula is C16H34O8. The first-order valence-electron chi connectivity index (χ1n) is 8.44. The van der Waals surface area contributed by atoms with E-state index < -0.39 is 0 Å². The summed E-state index contributed by atoms with van der Waals surface area (Å²) in [6, 6.07) is 0. The molecule has 0 fully saturated rings. The van der Waals surface area contributed by atoms with Crippen molar-refractivity contribution in [2.45, 2.75) is 32.6 Å². The molecule has 0 spiro atoms. The van der Waals surface area contributed by atoms with E-state index in [2.05, 4.69) is 0 Å². The minimum absolute atomic E-state index is 0.0413. The van der Waals surface area contributed by atoms with E-state index >= 15 is 0 Å². The average Bonchev–Trinajstić information content (AvgIpc) is 2.59. The number of aliphatic hydroxyl groups is 3. The Balaban J connectivity index is 0. The first kappa shape index (κ1) is 25.5. The molecule has 146 valence electrons. The Morgan fingerprint density at radius 2 is 1.21 bits per heavy atom. The second-order valence-electron chi connectivity index (χ2n) is 4.69. The monoisotopic (exact) mass is 354 g/mol. The summed E-state index contributed by atoms with van der Waals surface area (Å²) < 4.78 is 19.9. The van der Waals surface area contributed by atoms with Crippen molar-refractivity contribution in [2.24, 2.45) is 0 Å². The van der Waals surface area contributed by atoms with Crippen molar-refractivity contribution in [3.63, 3.8) is 0 Å². The number of aliphatic hydroxyl groups excluding tert-OH is 3. The molecule has 0 aromatic rings. The van der Waals surface area contributed by atoms with Crippen molar-refractivity contribution in [1.82, 2.24) is 0 Å². The van der Waals surface area contributed by atoms with Crippen molar-refractivity contribution in [2.75, 3.05) is 66.1 Å². The highest BCUT2D eigenvalue weighted by atomic mass is 16.5. The van der Waals surface area contributed by atoms with Crippen LogP contribution in [-0.2, 0) is 23.7 Å². The largest absolute Gasteiger partial charge is 0.466 e. The number of rotatable bonds is 16. The van der Waals surface area contributed by atoms with Crippen LogP contribution in [0.5, 0.6) is 0 Å². The molecule has 0 aromatic carbocycles. The van der Waals surface area contributed by atoms with Gasteiger partial charge in [0, 0.05) is 13.0 Å². The Kier molecular flexibility index (Phi) is 26.0. The summed E-state index contributed by atoms with van der Waals surface area (Å²) >= 11 is 0. The number of hydrogen-bond donors (Lipinski definition) is 3. The molecule has 24 heavy (non-hydrogen) atoms. The molecule has 0 radical (unpaired) electrons. The maximum absolute atomic E-state index is 10.7. The lowest BCUT2D eigenvalue weighted by Gasteiger charge is -2.04. The van der Waals surface area contributed by atoms with Crippen LogP contribution in [0.25, 0.3) is 0 Å². The number of esters is 1. The fourth-order valence-electron chi connectivity index (χ4n) is 1.30. The van der Waals surface area contributed by atoms with Gasteiger partial charge >= 0.3 is 5.97 Å². The van der Waals surface area contributed by atoms with Crippen LogP contribution in [-0.4, -0.2) is 87.4 Å². The highest BCUT2D eigenvalue weighted by Gasteiger charge is 1.99. The molecule has 0 rings (SSSR count). The summed E-state index contributed by atoms with van der Waals surface area (Å²) in [6.07, 6.45) is 2.79. The fraction of sp³-hybridized carbons (Fsp3) is 0.938. The summed E-state index contributed by atoms with van der Waals surface area (Å²) in [7, 11) is 0. The van der Waals surface area contributed by atoms with Gasteiger partial charge in [-0.25, -0.2) is 0 Å². The molecule has 0 bridgehead atoms. The van der Waals surface area contributed by atoms with Gasteiger partial charge in [0.1, 0.15) is 0 Å². The normalized spacial score (nSPS) is 10.2. The van der Waals surface area contributed by atoms with Crippen molar-refractivity contribution >= 4 is 5.97 Å². The van der Waals surface area contributed by atoms with E-state index in [9.17, 15) is 4.79 Å². The summed E-state index contributed by atoms with van der Waals surface area (Å²) in [5, 5.41) is 25.1. The van der Waals surface area contributed by atoms with Gasteiger partial charge in [0.15, 0.2) is 0 Å². The van der Waals surface area contributed by atoms with Crippen LogP contribution < -0.4 is 0 Å². The zero-order valence-corrected chi connectivity index (χ0v) is 14.8. The minimum atomic E-state index is -0.201. The van der Waals surface area contributed by atoms with E-state index in [-0.39, 0.29) is 25.8 Å². The smallest absolute Gasteiger partial charge is 0.305 e. The second-order valence-corrected chi connectivity index (χ2v) is 4.69. The third-order valence-electron chi connectivity index (χ3n) is 2.52. The minimum Gasteiger partial charge on any atom is -0.466 e. The summed E-state index contributed by atoms with van der Waals surface area (Å²) in [6.45, 7) is 5.38. The van der Waals surface area contributed by atoms with Crippen molar-refractivity contribution in [1.29, 1.82) is 0 Å². The second kappa shape index (κ2) is 24.5. The van der Waals surface area contributed by atoms with Gasteiger partial charge < -0.3 is 34.3 Å². The van der Waals surface area contributed by atoms with Crippen LogP contribution in [0.1, 0.15) is 32.6 Å². The Labute approximate surface area is 144 Å². The standard InChI is InChI=1S/C8H18O5.C8H16O3/c9-1-3-11-5-7-13-8-6-12-4-2-10;1-2-3-7-11-8(10)5-4-6-9/h9-10H,1-8H2;9H,2-7H2,1H3. The summed E-state index contributed by atoms with van der Waals surface area (Å²) in [5.41, 5.74) is 0. The predicted molar refractivity (Wildman–Crippen MR) is 88.8 cm³/mol. The number of ether oxygens (including phenoxy) is 4. The SMILES string of the molecule is CCCCOC(=O)CCCO.OCCOCCOCCOCCO. The Morgan fingerprint density at radius 1 is 0.708 bits per heavy atom. The lowest BCUT2D eigenvalue weighted by Crippen LogP contribution is -2.11. The van der Waals surface area contributed by atoms with Gasteiger partial charge in [-0.3, -0.25) is 4.79 Å². The maximum atomic E-state index is 10.7. The van der Waals surface area contributed by atoms with Crippen LogP contribution in [0.2, 0.25) is 0 Å². The molecule has 8 nitrogen and oxygen atoms in total. The predicted octanol–water partition coefficient (Wildman–Crippen LogP) is 0.123. The van der Waals surface area contributed by atoms with Gasteiger partial charge in [0.25, 0.3) is 0 Å². The molecule has 8 heteroatoms. The summed E-state index contributed by atoms with van der Waals surface area (Å²) in [5.74, 6) is -0.201. The zero-order valence-electron chi connectivity index (χ0n) is 14.8. The molecule has 0 amide bonds. The first-order valence-corrected chi connectivity index (χ1v) is 8.44. The van der Waals surface area contributed by atoms with Gasteiger partial charge in [-0.05, 0) is 12.8 Å². The molecule has 0 aliphatic rings. The molecule has 0 aromatic heterocycles. The third-order valence-corrected chi connectivity index (χ3v) is 2.52. The third kappa shape index (κ3) is 26.1. The highest BCUT2D eigenvalue weighted by Crippen LogP contribution is 1.94. The van der Waals surface area contributed by atoms with E-state index in [1.165, 1.54) is 0 Å². The summed E-state index contributed by atoms with van der Waals surface area (Å²) in [4.78, 5) is 10.7. The van der Waals surface area contributed by atoms with Crippen LogP contribution in [0.3, 0.4) is 0 Å². The quantitative estimate of drug-likeness (QED) is 0.265. The Bertz CT molecular complexity index is 228. The van der Waals surface area contributed by atoms with E-state index in [1.54, 1.807) is 0 Å². The van der Waals surface area contributed by atoms with Gasteiger partial charge in [-0.15, -0.1) is 0 Å². The molecule has 0 unspecified atom stereocenters. The lowest BCUT2D eigenvalue weighted by atomic mass is 10.3. The number of unbranched alkanes of at least 4 members (excludes halogenated alkanes) is 1. The molecule has 0 atom stereocenters. The first-order chi connectivity index (χ1) is 11.7. The van der Waals surface area contributed by atoms with Crippen LogP contribution in [0.15, 0.2) is 0 Å². The topological polar surface area (TPSA) is 115 Å². The van der Waals surface area contributed by atoms with Crippen molar-refractivity contribution < 1.29 is 39.1 Å². The van der Waals surface area contributed by atoms with Crippen LogP contribution in [0.4, 0.5) is 0 Å². The molecular weight excluding hydrogens is 320 g/mol. The van der Waals surface area contributed by atoms with Gasteiger partial charge in [-0.2, -0.15) is 0 Å². The Morgan fingerprint density at radius 3 is 1.62 bits per heavy atom. The molecule has 0 aliphatic heterocycles. The number of carbonyl (C=O) groups is 1. The van der Waals surface area contributed by atoms with E-state index in [4.69, 9.17) is 34.3 Å². The molecule has 0 aliphatic carbocycles. The van der Waals surface area contributed by atoms with E-state index in [0.29, 0.717) is 59.1 Å². The molecule has 0 saturated heterocycles. The van der Waals surface area contributed by atoms with E-state index in [1.807, 2.05) is 6.92 Å². The zero-order chi connectivity index (χ0) is 18.3. The van der Waals surface area contributed by atoms with Crippen LogP contribution >= 0.6 is 0 Å². The van der Waals surface area contributed by atoms with Crippen LogP contribution in [0, 0.1) is 0 Å². The fourth-order valence-corrected chi connectivity index (χ4v) is 1.30. The number of hydrogen-bond acceptors (Lipinski definition) is 8. The Hall–Kier alpha value is -0.770.